The molecule has 0 aliphatic carbocycles. The van der Waals surface area contributed by atoms with Crippen LogP contribution in [0.3, 0.4) is 0 Å². The number of guanidine groups is 1. The van der Waals surface area contributed by atoms with Gasteiger partial charge in [-0.2, -0.15) is 0 Å². The number of aromatic nitrogens is 3. The lowest BCUT2D eigenvalue weighted by molar-refractivity contribution is 0.173. The number of thiophene rings is 1. The fourth-order valence-electron chi connectivity index (χ4n) is 4.32. The molecule has 2 aromatic rings. The van der Waals surface area contributed by atoms with Gasteiger partial charge in [0.25, 0.3) is 0 Å². The first-order chi connectivity index (χ1) is 14.8. The van der Waals surface area contributed by atoms with E-state index in [1.165, 1.54) is 30.0 Å². The molecule has 0 unspecified atom stereocenters. The molecule has 4 rings (SSSR count). The quantitative estimate of drug-likeness (QED) is 0.417. The van der Waals surface area contributed by atoms with Gasteiger partial charge < -0.3 is 14.8 Å². The monoisotopic (exact) mass is 429 g/mol. The Labute approximate surface area is 184 Å². The Morgan fingerprint density at radius 1 is 1.13 bits per heavy atom. The van der Waals surface area contributed by atoms with Gasteiger partial charge in [0.05, 0.1) is 0 Å². The Hall–Kier alpha value is -1.93. The Bertz CT molecular complexity index is 791. The summed E-state index contributed by atoms with van der Waals surface area (Å²) >= 11 is 1.85. The normalized spacial score (nSPS) is 18.3. The minimum absolute atomic E-state index is 0.833. The van der Waals surface area contributed by atoms with Gasteiger partial charge >= 0.3 is 0 Å². The van der Waals surface area contributed by atoms with Crippen LogP contribution in [-0.2, 0) is 25.9 Å². The van der Waals surface area contributed by atoms with Crippen LogP contribution < -0.4 is 5.32 Å². The first kappa shape index (κ1) is 21.3. The summed E-state index contributed by atoms with van der Waals surface area (Å²) in [5.74, 6) is 3.39. The van der Waals surface area contributed by atoms with Crippen LogP contribution in [0.15, 0.2) is 22.5 Å². The van der Waals surface area contributed by atoms with Crippen molar-refractivity contribution in [1.82, 2.24) is 29.9 Å². The zero-order chi connectivity index (χ0) is 20.6. The number of aryl methyl sites for hydroxylation is 2. The molecule has 0 amide bonds. The topological polar surface area (TPSA) is 61.6 Å². The Kier molecular flexibility index (Phi) is 7.75. The molecular weight excluding hydrogens is 394 g/mol. The predicted octanol–water partition coefficient (Wildman–Crippen LogP) is 2.78. The highest BCUT2D eigenvalue weighted by atomic mass is 32.1. The Morgan fingerprint density at radius 3 is 2.83 bits per heavy atom. The third-order valence-corrected chi connectivity index (χ3v) is 6.83. The van der Waals surface area contributed by atoms with Gasteiger partial charge in [-0.3, -0.25) is 9.89 Å². The third kappa shape index (κ3) is 5.60. The van der Waals surface area contributed by atoms with E-state index < -0.39 is 0 Å². The van der Waals surface area contributed by atoms with Crippen molar-refractivity contribution >= 4 is 17.3 Å². The lowest BCUT2D eigenvalue weighted by atomic mass is 10.2. The molecule has 30 heavy (non-hydrogen) atoms. The van der Waals surface area contributed by atoms with Gasteiger partial charge in [0.15, 0.2) is 5.96 Å². The van der Waals surface area contributed by atoms with Crippen LogP contribution in [0.1, 0.15) is 49.1 Å². The average molecular weight is 430 g/mol. The number of fused-ring (bicyclic) bond motifs is 1. The molecule has 1 fully saturated rings. The van der Waals surface area contributed by atoms with E-state index in [-0.39, 0.29) is 0 Å². The molecule has 4 heterocycles. The van der Waals surface area contributed by atoms with Crippen LogP contribution in [0, 0.1) is 0 Å². The van der Waals surface area contributed by atoms with E-state index in [0.717, 1.165) is 83.4 Å². The maximum absolute atomic E-state index is 4.93. The van der Waals surface area contributed by atoms with Gasteiger partial charge in [0.1, 0.15) is 11.6 Å². The summed E-state index contributed by atoms with van der Waals surface area (Å²) in [4.78, 5) is 11.3. The van der Waals surface area contributed by atoms with Gasteiger partial charge in [-0.1, -0.05) is 12.5 Å². The maximum atomic E-state index is 4.93. The van der Waals surface area contributed by atoms with E-state index in [1.807, 2.05) is 11.3 Å². The molecular formula is C22H35N7S. The number of aliphatic imine (C=N–C) groups is 1. The Morgan fingerprint density at radius 2 is 2.03 bits per heavy atom. The molecule has 1 N–H and O–H groups in total. The summed E-state index contributed by atoms with van der Waals surface area (Å²) in [5.41, 5.74) is 0. The number of nitrogens with one attached hydrogen (secondary N) is 1. The molecule has 0 spiro atoms. The second-order valence-corrected chi connectivity index (χ2v) is 9.21. The zero-order valence-electron chi connectivity index (χ0n) is 18.2. The van der Waals surface area contributed by atoms with Crippen LogP contribution in [-0.4, -0.2) is 69.8 Å². The standard InChI is InChI=1S/C22H35N7S/c1-2-23-22(28-15-13-27(14-16-28)18-19-8-7-17-30-19)24-11-6-10-21-26-25-20-9-4-3-5-12-29(20)21/h7-8,17H,2-6,9-16,18H2,1H3,(H,23,24). The maximum Gasteiger partial charge on any atom is 0.194 e. The van der Waals surface area contributed by atoms with E-state index in [1.54, 1.807) is 0 Å². The number of nitrogens with zero attached hydrogens (tertiary/aromatic N) is 6. The number of rotatable bonds is 7. The number of hydrogen-bond acceptors (Lipinski definition) is 5. The molecule has 0 aromatic carbocycles. The van der Waals surface area contributed by atoms with E-state index in [9.17, 15) is 0 Å². The fourth-order valence-corrected chi connectivity index (χ4v) is 5.07. The summed E-state index contributed by atoms with van der Waals surface area (Å²) in [5, 5.41) is 14.5. The van der Waals surface area contributed by atoms with E-state index in [4.69, 9.17) is 4.99 Å². The van der Waals surface area contributed by atoms with Crippen molar-refractivity contribution in [3.05, 3.63) is 34.0 Å². The van der Waals surface area contributed by atoms with Crippen molar-refractivity contribution in [2.24, 2.45) is 4.99 Å². The molecule has 0 atom stereocenters. The molecule has 0 saturated carbocycles. The Balaban J connectivity index is 1.25. The van der Waals surface area contributed by atoms with E-state index in [0.29, 0.717) is 0 Å². The van der Waals surface area contributed by atoms with Crippen molar-refractivity contribution in [2.75, 3.05) is 39.3 Å². The SMILES string of the molecule is CCNC(=NCCCc1nnc2n1CCCCC2)N1CCN(Cc2cccs2)CC1. The molecule has 0 bridgehead atoms. The van der Waals surface area contributed by atoms with Gasteiger partial charge in [0.2, 0.25) is 0 Å². The molecule has 1 saturated heterocycles. The smallest absolute Gasteiger partial charge is 0.194 e. The molecule has 2 aromatic heterocycles. The fraction of sp³-hybridized carbons (Fsp3) is 0.682. The number of piperazine rings is 1. The molecule has 7 nitrogen and oxygen atoms in total. The largest absolute Gasteiger partial charge is 0.357 e. The lowest BCUT2D eigenvalue weighted by Crippen LogP contribution is -2.52. The molecule has 8 heteroatoms. The van der Waals surface area contributed by atoms with Gasteiger partial charge in [-0.05, 0) is 37.6 Å². The second-order valence-electron chi connectivity index (χ2n) is 8.18. The molecule has 0 radical (unpaired) electrons. The highest BCUT2D eigenvalue weighted by Gasteiger charge is 2.20. The van der Waals surface area contributed by atoms with Crippen LogP contribution in [0.4, 0.5) is 0 Å². The highest BCUT2D eigenvalue weighted by molar-refractivity contribution is 7.09. The predicted molar refractivity (Wildman–Crippen MR) is 123 cm³/mol. The zero-order valence-corrected chi connectivity index (χ0v) is 19.0. The summed E-state index contributed by atoms with van der Waals surface area (Å²) in [7, 11) is 0. The van der Waals surface area contributed by atoms with Gasteiger partial charge in [-0.25, -0.2) is 0 Å². The first-order valence-electron chi connectivity index (χ1n) is 11.5. The molecule has 2 aliphatic rings. The summed E-state index contributed by atoms with van der Waals surface area (Å²) in [6, 6.07) is 4.37. The highest BCUT2D eigenvalue weighted by Crippen LogP contribution is 2.16. The number of hydrogen-bond donors (Lipinski definition) is 1. The van der Waals surface area contributed by atoms with Crippen molar-refractivity contribution in [2.45, 2.75) is 58.5 Å². The minimum atomic E-state index is 0.833. The van der Waals surface area contributed by atoms with Crippen molar-refractivity contribution in [1.29, 1.82) is 0 Å². The third-order valence-electron chi connectivity index (χ3n) is 5.97. The van der Waals surface area contributed by atoms with Crippen LogP contribution in [0.25, 0.3) is 0 Å². The van der Waals surface area contributed by atoms with Crippen molar-refractivity contribution in [3.63, 3.8) is 0 Å². The minimum Gasteiger partial charge on any atom is -0.357 e. The van der Waals surface area contributed by atoms with Gasteiger partial charge in [-0.15, -0.1) is 21.5 Å². The second kappa shape index (κ2) is 10.9. The van der Waals surface area contributed by atoms with Crippen LogP contribution in [0.2, 0.25) is 0 Å². The van der Waals surface area contributed by atoms with Crippen molar-refractivity contribution in [3.8, 4) is 0 Å². The molecule has 2 aliphatic heterocycles. The summed E-state index contributed by atoms with van der Waals surface area (Å²) in [6.45, 7) is 10.3. The van der Waals surface area contributed by atoms with Crippen LogP contribution >= 0.6 is 11.3 Å². The van der Waals surface area contributed by atoms with Crippen molar-refractivity contribution < 1.29 is 0 Å². The average Bonchev–Trinajstić information content (AvgIpc) is 3.35. The lowest BCUT2D eigenvalue weighted by Gasteiger charge is -2.36. The van der Waals surface area contributed by atoms with Crippen LogP contribution in [0.5, 0.6) is 0 Å². The summed E-state index contributed by atoms with van der Waals surface area (Å²) in [6.07, 6.45) is 6.86. The van der Waals surface area contributed by atoms with E-state index >= 15 is 0 Å². The van der Waals surface area contributed by atoms with E-state index in [2.05, 4.69) is 54.3 Å². The summed E-state index contributed by atoms with van der Waals surface area (Å²) < 4.78 is 2.36. The van der Waals surface area contributed by atoms with Gasteiger partial charge in [0, 0.05) is 70.1 Å². The first-order valence-corrected chi connectivity index (χ1v) is 12.4. The molecule has 164 valence electrons.